The third-order valence-electron chi connectivity index (χ3n) is 6.24. The minimum absolute atomic E-state index is 0.127. The molecule has 2 fully saturated rings. The van der Waals surface area contributed by atoms with Gasteiger partial charge in [-0.2, -0.15) is 10.1 Å². The molecular formula is C21H34N6O. The van der Waals surface area contributed by atoms with Crippen molar-refractivity contribution >= 4 is 17.0 Å². The fraction of sp³-hybridized carbons (Fsp3) is 0.762. The summed E-state index contributed by atoms with van der Waals surface area (Å²) in [6.45, 7) is 9.71. The summed E-state index contributed by atoms with van der Waals surface area (Å²) in [6, 6.07) is 0.356. The number of rotatable bonds is 4. The van der Waals surface area contributed by atoms with Crippen LogP contribution >= 0.6 is 0 Å². The van der Waals surface area contributed by atoms with Crippen molar-refractivity contribution in [2.24, 2.45) is 5.92 Å². The lowest BCUT2D eigenvalue weighted by molar-refractivity contribution is 0.168. The van der Waals surface area contributed by atoms with E-state index in [1.54, 1.807) is 6.20 Å². The van der Waals surface area contributed by atoms with Crippen molar-refractivity contribution in [3.8, 4) is 0 Å². The number of fused-ring (bicyclic) bond motifs is 1. The van der Waals surface area contributed by atoms with Gasteiger partial charge in [-0.05, 0) is 52.4 Å². The topological polar surface area (TPSA) is 78.8 Å². The van der Waals surface area contributed by atoms with Gasteiger partial charge in [-0.25, -0.2) is 4.68 Å². The molecule has 154 valence electrons. The van der Waals surface area contributed by atoms with E-state index in [0.29, 0.717) is 23.0 Å². The first-order chi connectivity index (χ1) is 13.4. The van der Waals surface area contributed by atoms with Crippen molar-refractivity contribution in [3.63, 3.8) is 0 Å². The van der Waals surface area contributed by atoms with Crippen LogP contribution in [-0.4, -0.2) is 50.3 Å². The summed E-state index contributed by atoms with van der Waals surface area (Å²) < 4.78 is 1.83. The molecule has 1 aliphatic heterocycles. The molecule has 0 unspecified atom stereocenters. The average Bonchev–Trinajstić information content (AvgIpc) is 3.09. The zero-order valence-electron chi connectivity index (χ0n) is 17.5. The third-order valence-corrected chi connectivity index (χ3v) is 6.24. The number of nitrogens with zero attached hydrogens (tertiary/aromatic N) is 4. The first-order valence-electron chi connectivity index (χ1n) is 10.9. The third kappa shape index (κ3) is 4.24. The van der Waals surface area contributed by atoms with Gasteiger partial charge in [-0.1, -0.05) is 19.3 Å². The van der Waals surface area contributed by atoms with Crippen LogP contribution < -0.4 is 10.9 Å². The van der Waals surface area contributed by atoms with E-state index in [1.165, 1.54) is 38.6 Å². The molecule has 0 atom stereocenters. The Labute approximate surface area is 166 Å². The highest BCUT2D eigenvalue weighted by molar-refractivity contribution is 5.74. The normalized spacial score (nSPS) is 20.7. The van der Waals surface area contributed by atoms with Crippen LogP contribution in [0.1, 0.15) is 65.7 Å². The highest BCUT2D eigenvalue weighted by Gasteiger charge is 2.24. The summed E-state index contributed by atoms with van der Waals surface area (Å²) >= 11 is 0. The molecule has 2 aromatic rings. The molecule has 0 amide bonds. The van der Waals surface area contributed by atoms with Gasteiger partial charge in [0, 0.05) is 25.7 Å². The van der Waals surface area contributed by atoms with Crippen molar-refractivity contribution in [1.29, 1.82) is 0 Å². The Bertz CT molecular complexity index is 850. The number of aromatic amines is 1. The van der Waals surface area contributed by atoms with E-state index in [4.69, 9.17) is 0 Å². The lowest BCUT2D eigenvalue weighted by Crippen LogP contribution is -2.42. The highest BCUT2D eigenvalue weighted by atomic mass is 16.1. The predicted octanol–water partition coefficient (Wildman–Crippen LogP) is 3.33. The zero-order valence-corrected chi connectivity index (χ0v) is 17.5. The van der Waals surface area contributed by atoms with Gasteiger partial charge in [0.05, 0.1) is 11.7 Å². The number of likely N-dealkylation sites (tertiary alicyclic amines) is 1. The van der Waals surface area contributed by atoms with Gasteiger partial charge in [0.2, 0.25) is 5.95 Å². The number of hydrogen-bond donors (Lipinski definition) is 2. The second kappa shape index (κ2) is 7.85. The minimum Gasteiger partial charge on any atom is -0.353 e. The van der Waals surface area contributed by atoms with Crippen LogP contribution in [0, 0.1) is 5.92 Å². The average molecular weight is 387 g/mol. The molecule has 3 heterocycles. The lowest BCUT2D eigenvalue weighted by atomic mass is 9.88. The number of aromatic nitrogens is 4. The molecule has 2 aliphatic rings. The molecule has 1 saturated heterocycles. The molecule has 28 heavy (non-hydrogen) atoms. The Balaban J connectivity index is 1.39. The van der Waals surface area contributed by atoms with E-state index in [0.717, 1.165) is 31.8 Å². The van der Waals surface area contributed by atoms with E-state index in [9.17, 15) is 4.79 Å². The molecule has 7 nitrogen and oxygen atoms in total. The summed E-state index contributed by atoms with van der Waals surface area (Å²) in [5, 5.41) is 8.40. The number of anilines is 1. The van der Waals surface area contributed by atoms with Gasteiger partial charge in [0.15, 0.2) is 5.65 Å². The first-order valence-corrected chi connectivity index (χ1v) is 10.9. The van der Waals surface area contributed by atoms with Crippen molar-refractivity contribution in [2.45, 2.75) is 77.3 Å². The summed E-state index contributed by atoms with van der Waals surface area (Å²) in [7, 11) is 0. The first kappa shape index (κ1) is 19.4. The van der Waals surface area contributed by atoms with Crippen molar-refractivity contribution in [2.75, 3.05) is 25.0 Å². The lowest BCUT2D eigenvalue weighted by Gasteiger charge is -2.35. The molecule has 4 rings (SSSR count). The van der Waals surface area contributed by atoms with Gasteiger partial charge in [0.1, 0.15) is 5.39 Å². The van der Waals surface area contributed by atoms with Crippen molar-refractivity contribution < 1.29 is 0 Å². The number of piperidine rings is 1. The van der Waals surface area contributed by atoms with Crippen molar-refractivity contribution in [1.82, 2.24) is 24.6 Å². The Morgan fingerprint density at radius 1 is 1.14 bits per heavy atom. The summed E-state index contributed by atoms with van der Waals surface area (Å²) in [5.74, 6) is 1.46. The monoisotopic (exact) mass is 386 g/mol. The minimum atomic E-state index is -0.218. The van der Waals surface area contributed by atoms with Crippen LogP contribution in [-0.2, 0) is 5.54 Å². The van der Waals surface area contributed by atoms with Crippen LogP contribution in [0.2, 0.25) is 0 Å². The van der Waals surface area contributed by atoms with Crippen LogP contribution in [0.25, 0.3) is 11.0 Å². The fourth-order valence-corrected chi connectivity index (χ4v) is 4.67. The molecule has 2 N–H and O–H groups in total. The van der Waals surface area contributed by atoms with Gasteiger partial charge < -0.3 is 10.2 Å². The quantitative estimate of drug-likeness (QED) is 0.843. The predicted molar refractivity (Wildman–Crippen MR) is 113 cm³/mol. The SMILES string of the molecule is CC(C)(C)n1ncc2c(=O)[nH]c(NC3CCN(CC4CCCCC4)CC3)nc21. The Hall–Kier alpha value is -1.89. The maximum atomic E-state index is 12.5. The van der Waals surface area contributed by atoms with Crippen molar-refractivity contribution in [3.05, 3.63) is 16.6 Å². The molecule has 0 radical (unpaired) electrons. The molecule has 1 aliphatic carbocycles. The zero-order chi connectivity index (χ0) is 19.7. The van der Waals surface area contributed by atoms with Gasteiger partial charge >= 0.3 is 0 Å². The number of H-pyrrole nitrogens is 1. The van der Waals surface area contributed by atoms with Crippen LogP contribution in [0.3, 0.4) is 0 Å². The summed E-state index contributed by atoms with van der Waals surface area (Å²) in [5.41, 5.74) is 0.302. The highest BCUT2D eigenvalue weighted by Crippen LogP contribution is 2.26. The van der Waals surface area contributed by atoms with E-state index in [1.807, 2.05) is 4.68 Å². The van der Waals surface area contributed by atoms with Gasteiger partial charge in [-0.3, -0.25) is 9.78 Å². The molecule has 7 heteroatoms. The molecule has 1 saturated carbocycles. The molecule has 0 aromatic carbocycles. The maximum Gasteiger partial charge on any atom is 0.263 e. The summed E-state index contributed by atoms with van der Waals surface area (Å²) in [4.78, 5) is 22.7. The van der Waals surface area contributed by atoms with E-state index in [2.05, 4.69) is 46.1 Å². The van der Waals surface area contributed by atoms with E-state index < -0.39 is 0 Å². The Morgan fingerprint density at radius 2 is 1.86 bits per heavy atom. The Morgan fingerprint density at radius 3 is 2.54 bits per heavy atom. The van der Waals surface area contributed by atoms with Crippen LogP contribution in [0.4, 0.5) is 5.95 Å². The number of nitrogens with one attached hydrogen (secondary N) is 2. The largest absolute Gasteiger partial charge is 0.353 e. The molecular weight excluding hydrogens is 352 g/mol. The molecule has 2 aromatic heterocycles. The Kier molecular flexibility index (Phi) is 5.45. The maximum absolute atomic E-state index is 12.5. The fourth-order valence-electron chi connectivity index (χ4n) is 4.67. The molecule has 0 spiro atoms. The van der Waals surface area contributed by atoms with E-state index >= 15 is 0 Å². The van der Waals surface area contributed by atoms with Gasteiger partial charge in [0.25, 0.3) is 5.56 Å². The molecule has 0 bridgehead atoms. The van der Waals surface area contributed by atoms with E-state index in [-0.39, 0.29) is 11.1 Å². The van der Waals surface area contributed by atoms with Crippen LogP contribution in [0.15, 0.2) is 11.0 Å². The summed E-state index contributed by atoms with van der Waals surface area (Å²) in [6.07, 6.45) is 10.9. The van der Waals surface area contributed by atoms with Gasteiger partial charge in [-0.15, -0.1) is 0 Å². The van der Waals surface area contributed by atoms with Crippen LogP contribution in [0.5, 0.6) is 0 Å². The smallest absolute Gasteiger partial charge is 0.263 e. The number of hydrogen-bond acceptors (Lipinski definition) is 5. The second-order valence-electron chi connectivity index (χ2n) is 9.60. The second-order valence-corrected chi connectivity index (χ2v) is 9.60. The standard InChI is InChI=1S/C21H34N6O/c1-21(2,3)27-18-17(13-22-27)19(28)25-20(24-18)23-16-9-11-26(12-10-16)14-15-7-5-4-6-8-15/h13,15-16H,4-12,14H2,1-3H3,(H2,23,24,25,28).